The predicted octanol–water partition coefficient (Wildman–Crippen LogP) is 1.06. The van der Waals surface area contributed by atoms with Crippen LogP contribution in [0, 0.1) is 6.54 Å². The van der Waals surface area contributed by atoms with Gasteiger partial charge in [0.25, 0.3) is 0 Å². The van der Waals surface area contributed by atoms with Crippen molar-refractivity contribution in [2.45, 2.75) is 12.8 Å². The fraction of sp³-hybridized carbons (Fsp3) is 0.750. The Balaban J connectivity index is 2.00. The van der Waals surface area contributed by atoms with Crippen molar-refractivity contribution in [3.63, 3.8) is 0 Å². The number of hydrogen-bond acceptors (Lipinski definition) is 2. The third-order valence-electron chi connectivity index (χ3n) is 0.693. The molecule has 0 aromatic carbocycles. The zero-order valence-corrected chi connectivity index (χ0v) is 4.35. The SMILES string of the molecule is [C]1CCCSN1. The maximum absolute atomic E-state index is 3.00. The highest BCUT2D eigenvalue weighted by Crippen LogP contribution is 2.07. The second-order valence-electron chi connectivity index (χ2n) is 1.23. The molecule has 1 aliphatic rings. The average molecular weight is 101 g/mol. The lowest BCUT2D eigenvalue weighted by atomic mass is 10.3. The van der Waals surface area contributed by atoms with Crippen molar-refractivity contribution in [1.29, 1.82) is 0 Å². The fourth-order valence-corrected chi connectivity index (χ4v) is 0.981. The Labute approximate surface area is 42.6 Å². The normalized spacial score (nSPS) is 24.0. The maximum atomic E-state index is 3.00. The number of rotatable bonds is 0. The van der Waals surface area contributed by atoms with Gasteiger partial charge in [0.2, 0.25) is 0 Å². The largest absolute Gasteiger partial charge is 0.254 e. The smallest absolute Gasteiger partial charge is 0.0700 e. The van der Waals surface area contributed by atoms with Crippen LogP contribution in [0.3, 0.4) is 0 Å². The van der Waals surface area contributed by atoms with Crippen molar-refractivity contribution < 1.29 is 0 Å². The highest BCUT2D eigenvalue weighted by molar-refractivity contribution is 7.97. The third-order valence-corrected chi connectivity index (χ3v) is 1.47. The van der Waals surface area contributed by atoms with E-state index < -0.39 is 0 Å². The minimum atomic E-state index is 1.12. The molecule has 6 heavy (non-hydrogen) atoms. The number of nitrogens with one attached hydrogen (secondary N) is 1. The Morgan fingerprint density at radius 2 is 2.67 bits per heavy atom. The van der Waals surface area contributed by atoms with Crippen LogP contribution < -0.4 is 4.72 Å². The molecule has 1 N–H and O–H groups in total. The van der Waals surface area contributed by atoms with Crippen LogP contribution in [0.1, 0.15) is 12.8 Å². The molecule has 0 saturated carbocycles. The zero-order valence-electron chi connectivity index (χ0n) is 3.53. The molecule has 2 heteroatoms. The first-order valence-electron chi connectivity index (χ1n) is 2.10. The van der Waals surface area contributed by atoms with E-state index in [0.29, 0.717) is 0 Å². The quantitative estimate of drug-likeness (QED) is 0.458. The minimum absolute atomic E-state index is 1.12. The van der Waals surface area contributed by atoms with E-state index >= 15 is 0 Å². The van der Waals surface area contributed by atoms with Crippen molar-refractivity contribution in [2.75, 3.05) is 5.75 Å². The van der Waals surface area contributed by atoms with Crippen LogP contribution in [0.4, 0.5) is 0 Å². The van der Waals surface area contributed by atoms with E-state index in [9.17, 15) is 0 Å². The Kier molecular flexibility index (Phi) is 1.85. The van der Waals surface area contributed by atoms with Crippen LogP contribution in [0.5, 0.6) is 0 Å². The van der Waals surface area contributed by atoms with E-state index in [1.54, 1.807) is 11.9 Å². The van der Waals surface area contributed by atoms with Gasteiger partial charge in [-0.1, -0.05) is 11.9 Å². The Bertz CT molecular complexity index is 23.0. The molecule has 1 heterocycles. The van der Waals surface area contributed by atoms with Gasteiger partial charge in [0, 0.05) is 5.75 Å². The van der Waals surface area contributed by atoms with E-state index in [-0.39, 0.29) is 0 Å². The average Bonchev–Trinajstić information content (AvgIpc) is 1.72. The minimum Gasteiger partial charge on any atom is -0.254 e. The van der Waals surface area contributed by atoms with Crippen molar-refractivity contribution in [3.05, 3.63) is 6.54 Å². The van der Waals surface area contributed by atoms with Crippen LogP contribution >= 0.6 is 11.9 Å². The van der Waals surface area contributed by atoms with Gasteiger partial charge in [-0.05, 0) is 12.8 Å². The summed E-state index contributed by atoms with van der Waals surface area (Å²) in [7, 11) is 0. The molecule has 0 unspecified atom stereocenters. The summed E-state index contributed by atoms with van der Waals surface area (Å²) in [5.74, 6) is 1.24. The molecule has 0 amide bonds. The Morgan fingerprint density at radius 1 is 1.67 bits per heavy atom. The highest BCUT2D eigenvalue weighted by Gasteiger charge is 1.95. The van der Waals surface area contributed by atoms with E-state index in [0.717, 1.165) is 6.42 Å². The zero-order chi connectivity index (χ0) is 4.24. The Morgan fingerprint density at radius 3 is 2.83 bits per heavy atom. The van der Waals surface area contributed by atoms with Crippen LogP contribution in [-0.4, -0.2) is 5.75 Å². The van der Waals surface area contributed by atoms with Crippen LogP contribution in [0.2, 0.25) is 0 Å². The van der Waals surface area contributed by atoms with E-state index in [1.807, 2.05) is 0 Å². The van der Waals surface area contributed by atoms with E-state index in [2.05, 4.69) is 11.3 Å². The molecule has 0 aliphatic carbocycles. The van der Waals surface area contributed by atoms with Gasteiger partial charge in [0.05, 0.1) is 6.54 Å². The van der Waals surface area contributed by atoms with Crippen molar-refractivity contribution in [3.8, 4) is 0 Å². The maximum Gasteiger partial charge on any atom is 0.0700 e. The standard InChI is InChI=1S/C4H7NS/c1-2-4-6-5-3-1/h5H,1-2,4H2. The van der Waals surface area contributed by atoms with Crippen LogP contribution in [-0.2, 0) is 0 Å². The molecule has 0 atom stereocenters. The van der Waals surface area contributed by atoms with E-state index in [4.69, 9.17) is 0 Å². The molecule has 0 bridgehead atoms. The molecule has 1 nitrogen and oxygen atoms in total. The summed E-state index contributed by atoms with van der Waals surface area (Å²) >= 11 is 1.73. The molecular formula is C4H7NS. The lowest BCUT2D eigenvalue weighted by molar-refractivity contribution is 0.844. The van der Waals surface area contributed by atoms with Crippen molar-refractivity contribution in [2.24, 2.45) is 0 Å². The molecule has 1 rings (SSSR count). The summed E-state index contributed by atoms with van der Waals surface area (Å²) in [4.78, 5) is 0. The first-order chi connectivity index (χ1) is 3.00. The van der Waals surface area contributed by atoms with Gasteiger partial charge in [0.15, 0.2) is 0 Å². The predicted molar refractivity (Wildman–Crippen MR) is 28.1 cm³/mol. The third kappa shape index (κ3) is 1.19. The lowest BCUT2D eigenvalue weighted by Crippen LogP contribution is -2.05. The summed E-state index contributed by atoms with van der Waals surface area (Å²) in [6.45, 7) is 3.00. The van der Waals surface area contributed by atoms with Crippen LogP contribution in [0.25, 0.3) is 0 Å². The van der Waals surface area contributed by atoms with Gasteiger partial charge >= 0.3 is 0 Å². The lowest BCUT2D eigenvalue weighted by Gasteiger charge is -2.06. The van der Waals surface area contributed by atoms with Crippen LogP contribution in [0.15, 0.2) is 0 Å². The van der Waals surface area contributed by atoms with Crippen molar-refractivity contribution in [1.82, 2.24) is 4.72 Å². The highest BCUT2D eigenvalue weighted by atomic mass is 32.2. The van der Waals surface area contributed by atoms with Gasteiger partial charge in [-0.25, -0.2) is 0 Å². The molecule has 1 fully saturated rings. The summed E-state index contributed by atoms with van der Waals surface area (Å²) in [5.41, 5.74) is 0. The molecule has 34 valence electrons. The first kappa shape index (κ1) is 4.47. The van der Waals surface area contributed by atoms with Gasteiger partial charge in [-0.2, -0.15) is 0 Å². The van der Waals surface area contributed by atoms with Gasteiger partial charge in [-0.3, -0.25) is 4.72 Å². The second-order valence-corrected chi connectivity index (χ2v) is 2.13. The van der Waals surface area contributed by atoms with Crippen molar-refractivity contribution >= 4 is 11.9 Å². The van der Waals surface area contributed by atoms with Gasteiger partial charge in [0.1, 0.15) is 0 Å². The molecule has 2 radical (unpaired) electrons. The molecule has 0 aromatic heterocycles. The molecule has 0 aromatic rings. The van der Waals surface area contributed by atoms with E-state index in [1.165, 1.54) is 12.2 Å². The first-order valence-corrected chi connectivity index (χ1v) is 3.08. The molecular weight excluding hydrogens is 94.1 g/mol. The second kappa shape index (κ2) is 2.48. The summed E-state index contributed by atoms with van der Waals surface area (Å²) in [6, 6.07) is 0. The fourth-order valence-electron chi connectivity index (χ4n) is 0.386. The molecule has 1 aliphatic heterocycles. The van der Waals surface area contributed by atoms with Gasteiger partial charge < -0.3 is 0 Å². The summed E-state index contributed by atoms with van der Waals surface area (Å²) in [5, 5.41) is 0. The summed E-state index contributed by atoms with van der Waals surface area (Å²) in [6.07, 6.45) is 2.41. The Hall–Kier alpha value is 0.310. The van der Waals surface area contributed by atoms with Gasteiger partial charge in [-0.15, -0.1) is 0 Å². The number of hydrogen-bond donors (Lipinski definition) is 1. The molecule has 1 saturated heterocycles. The summed E-state index contributed by atoms with van der Waals surface area (Å²) < 4.78 is 2.95. The monoisotopic (exact) mass is 101 g/mol. The topological polar surface area (TPSA) is 12.0 Å². The molecule has 0 spiro atoms.